The summed E-state index contributed by atoms with van der Waals surface area (Å²) < 4.78 is 26.0. The molecule has 2 atom stereocenters. The second-order valence-corrected chi connectivity index (χ2v) is 9.63. The summed E-state index contributed by atoms with van der Waals surface area (Å²) in [4.78, 5) is 18.3. The lowest BCUT2D eigenvalue weighted by atomic mass is 10.0. The van der Waals surface area contributed by atoms with E-state index in [1.165, 1.54) is 19.1 Å². The van der Waals surface area contributed by atoms with Gasteiger partial charge in [-0.3, -0.25) is 9.78 Å². The van der Waals surface area contributed by atoms with Crippen LogP contribution in [0.1, 0.15) is 30.5 Å². The molecule has 2 N–H and O–H groups in total. The van der Waals surface area contributed by atoms with Gasteiger partial charge in [0.25, 0.3) is 0 Å². The lowest BCUT2D eigenvalue weighted by molar-refractivity contribution is -0.114. The highest BCUT2D eigenvalue weighted by atomic mass is 79.9. The zero-order chi connectivity index (χ0) is 26.1. The minimum Gasteiger partial charge on any atom is -0.495 e. The van der Waals surface area contributed by atoms with E-state index >= 15 is 0 Å². The Labute approximate surface area is 226 Å². The van der Waals surface area contributed by atoms with E-state index in [9.17, 15) is 9.18 Å². The lowest BCUT2D eigenvalue weighted by Crippen LogP contribution is -2.29. The molecule has 10 heteroatoms. The van der Waals surface area contributed by atoms with E-state index in [-0.39, 0.29) is 17.8 Å². The van der Waals surface area contributed by atoms with Crippen molar-refractivity contribution in [2.24, 2.45) is 0 Å². The third-order valence-electron chi connectivity index (χ3n) is 5.98. The topological polar surface area (TPSA) is 79.6 Å². The average molecular weight is 581 g/mol. The third kappa shape index (κ3) is 4.94. The van der Waals surface area contributed by atoms with Crippen LogP contribution < -0.4 is 20.3 Å². The van der Waals surface area contributed by atoms with Crippen molar-refractivity contribution in [1.29, 1.82) is 0 Å². The summed E-state index contributed by atoms with van der Waals surface area (Å²) in [5.41, 5.74) is 2.76. The number of rotatable bonds is 6. The SMILES string of the molecule is COc1ccc(N2C(=S)N[C@H](c3ccccn3)[C@@H]2c2ccc(-c3ccc(F)cc3Br)o2)cc1NC(C)=O. The summed E-state index contributed by atoms with van der Waals surface area (Å²) in [6.45, 7) is 1.44. The first-order valence-corrected chi connectivity index (χ1v) is 12.6. The molecule has 3 heterocycles. The summed E-state index contributed by atoms with van der Waals surface area (Å²) >= 11 is 9.21. The number of hydrogen-bond acceptors (Lipinski definition) is 5. The van der Waals surface area contributed by atoms with Crippen molar-refractivity contribution in [2.75, 3.05) is 17.3 Å². The van der Waals surface area contributed by atoms with Crippen molar-refractivity contribution >= 4 is 50.5 Å². The van der Waals surface area contributed by atoms with Crippen LogP contribution in [0.15, 0.2) is 81.8 Å². The summed E-state index contributed by atoms with van der Waals surface area (Å²) in [5, 5.41) is 6.67. The van der Waals surface area contributed by atoms with Crippen LogP contribution in [-0.4, -0.2) is 23.1 Å². The number of methoxy groups -OCH3 is 1. The maximum atomic E-state index is 13.7. The largest absolute Gasteiger partial charge is 0.495 e. The number of thiocarbonyl (C=S) groups is 1. The van der Waals surface area contributed by atoms with E-state index in [1.54, 1.807) is 25.4 Å². The predicted octanol–water partition coefficient (Wildman–Crippen LogP) is 6.39. The van der Waals surface area contributed by atoms with Gasteiger partial charge in [0.1, 0.15) is 29.1 Å². The molecule has 1 amide bonds. The fourth-order valence-corrected chi connectivity index (χ4v) is 5.29. The molecule has 0 spiro atoms. The Balaban J connectivity index is 1.61. The van der Waals surface area contributed by atoms with E-state index in [4.69, 9.17) is 21.4 Å². The fraction of sp³-hybridized carbons (Fsp3) is 0.148. The van der Waals surface area contributed by atoms with Gasteiger partial charge in [-0.15, -0.1) is 0 Å². The number of halogens is 2. The van der Waals surface area contributed by atoms with Gasteiger partial charge >= 0.3 is 0 Å². The van der Waals surface area contributed by atoms with Crippen LogP contribution in [-0.2, 0) is 4.79 Å². The monoisotopic (exact) mass is 580 g/mol. The normalized spacial score (nSPS) is 17.0. The average Bonchev–Trinajstić information content (AvgIpc) is 3.48. The molecule has 0 saturated carbocycles. The van der Waals surface area contributed by atoms with Crippen LogP contribution in [0.2, 0.25) is 0 Å². The lowest BCUT2D eigenvalue weighted by Gasteiger charge is -2.27. The number of carbonyl (C=O) groups is 1. The van der Waals surface area contributed by atoms with Crippen molar-refractivity contribution in [3.63, 3.8) is 0 Å². The minimum absolute atomic E-state index is 0.221. The number of amides is 1. The van der Waals surface area contributed by atoms with Crippen LogP contribution >= 0.6 is 28.1 Å². The van der Waals surface area contributed by atoms with Gasteiger partial charge in [0, 0.05) is 28.8 Å². The number of pyridine rings is 1. The van der Waals surface area contributed by atoms with Crippen LogP contribution in [0.25, 0.3) is 11.3 Å². The maximum absolute atomic E-state index is 13.7. The maximum Gasteiger partial charge on any atom is 0.221 e. The second kappa shape index (κ2) is 10.3. The van der Waals surface area contributed by atoms with Gasteiger partial charge in [-0.1, -0.05) is 6.07 Å². The molecule has 1 aliphatic rings. The molecule has 188 valence electrons. The van der Waals surface area contributed by atoms with Gasteiger partial charge in [0.2, 0.25) is 5.91 Å². The molecule has 1 saturated heterocycles. The fourth-order valence-electron chi connectivity index (χ4n) is 4.40. The van der Waals surface area contributed by atoms with Crippen LogP contribution in [0.4, 0.5) is 15.8 Å². The van der Waals surface area contributed by atoms with Crippen LogP contribution in [0.3, 0.4) is 0 Å². The number of nitrogens with zero attached hydrogens (tertiary/aromatic N) is 2. The Kier molecular flexibility index (Phi) is 6.94. The predicted molar refractivity (Wildman–Crippen MR) is 147 cm³/mol. The van der Waals surface area contributed by atoms with Crippen molar-refractivity contribution in [3.05, 3.63) is 94.7 Å². The Morgan fingerprint density at radius 1 is 1.19 bits per heavy atom. The molecule has 37 heavy (non-hydrogen) atoms. The Hall–Kier alpha value is -3.76. The molecule has 2 aromatic carbocycles. The first-order chi connectivity index (χ1) is 17.9. The Morgan fingerprint density at radius 2 is 2.03 bits per heavy atom. The van der Waals surface area contributed by atoms with Gasteiger partial charge in [-0.25, -0.2) is 4.39 Å². The standard InChI is InChI=1S/C27H22BrFN4O3S/c1-15(34)31-21-14-17(7-9-23(21)35-2)33-26(25(32-27(33)37)20-5-3-4-12-30-20)24-11-10-22(36-24)18-8-6-16(29)13-19(18)28/h3-14,25-26H,1-2H3,(H,31,34)(H,32,37)/t25-,26+/m1/s1. The number of anilines is 2. The number of furan rings is 1. The number of benzene rings is 2. The molecular formula is C27H22BrFN4O3S. The smallest absolute Gasteiger partial charge is 0.221 e. The zero-order valence-electron chi connectivity index (χ0n) is 19.9. The second-order valence-electron chi connectivity index (χ2n) is 8.39. The molecule has 0 bridgehead atoms. The van der Waals surface area contributed by atoms with Gasteiger partial charge in [0.15, 0.2) is 5.11 Å². The molecule has 0 radical (unpaired) electrons. The highest BCUT2D eigenvalue weighted by Crippen LogP contribution is 2.44. The van der Waals surface area contributed by atoms with Crippen molar-refractivity contribution in [1.82, 2.24) is 10.3 Å². The molecule has 0 unspecified atom stereocenters. The summed E-state index contributed by atoms with van der Waals surface area (Å²) in [6, 6.07) is 18.6. The van der Waals surface area contributed by atoms with Crippen molar-refractivity contribution in [3.8, 4) is 17.1 Å². The van der Waals surface area contributed by atoms with Crippen LogP contribution in [0, 0.1) is 5.82 Å². The molecule has 1 fully saturated rings. The highest BCUT2D eigenvalue weighted by Gasteiger charge is 2.42. The van der Waals surface area contributed by atoms with Crippen LogP contribution in [0.5, 0.6) is 5.75 Å². The van der Waals surface area contributed by atoms with Crippen molar-refractivity contribution < 1.29 is 18.3 Å². The molecule has 2 aromatic heterocycles. The van der Waals surface area contributed by atoms with Gasteiger partial charge < -0.3 is 24.7 Å². The van der Waals surface area contributed by atoms with E-state index in [0.29, 0.717) is 32.5 Å². The third-order valence-corrected chi connectivity index (χ3v) is 6.96. The van der Waals surface area contributed by atoms with E-state index < -0.39 is 6.04 Å². The van der Waals surface area contributed by atoms with Gasteiger partial charge in [0.05, 0.1) is 24.5 Å². The zero-order valence-corrected chi connectivity index (χ0v) is 22.3. The molecule has 7 nitrogen and oxygen atoms in total. The first-order valence-electron chi connectivity index (χ1n) is 11.4. The number of aromatic nitrogens is 1. The molecular weight excluding hydrogens is 559 g/mol. The van der Waals surface area contributed by atoms with Gasteiger partial charge in [-0.2, -0.15) is 0 Å². The summed E-state index contributed by atoms with van der Waals surface area (Å²) in [5.74, 6) is 1.17. The highest BCUT2D eigenvalue weighted by molar-refractivity contribution is 9.10. The molecule has 5 rings (SSSR count). The van der Waals surface area contributed by atoms with Gasteiger partial charge in [-0.05, 0) is 88.8 Å². The molecule has 4 aromatic rings. The summed E-state index contributed by atoms with van der Waals surface area (Å²) in [6.07, 6.45) is 1.73. The Morgan fingerprint density at radius 3 is 2.73 bits per heavy atom. The number of carbonyl (C=O) groups excluding carboxylic acids is 1. The van der Waals surface area contributed by atoms with E-state index in [1.807, 2.05) is 47.4 Å². The number of nitrogens with one attached hydrogen (secondary N) is 2. The number of ether oxygens (including phenoxy) is 1. The first kappa shape index (κ1) is 24.9. The molecule has 1 aliphatic heterocycles. The van der Waals surface area contributed by atoms with E-state index in [2.05, 4.69) is 31.5 Å². The number of hydrogen-bond donors (Lipinski definition) is 2. The van der Waals surface area contributed by atoms with Crippen molar-refractivity contribution in [2.45, 2.75) is 19.0 Å². The quantitative estimate of drug-likeness (QED) is 0.256. The minimum atomic E-state index is -0.408. The molecule has 0 aliphatic carbocycles. The van der Waals surface area contributed by atoms with E-state index in [0.717, 1.165) is 16.9 Å². The summed E-state index contributed by atoms with van der Waals surface area (Å²) in [7, 11) is 1.54. The Bertz CT molecular complexity index is 1480.